The van der Waals surface area contributed by atoms with E-state index in [4.69, 9.17) is 81.6 Å². The van der Waals surface area contributed by atoms with Crippen LogP contribution in [0, 0.1) is 5.92 Å². The van der Waals surface area contributed by atoms with Crippen LogP contribution in [0.25, 0.3) is 0 Å². The first-order valence-corrected chi connectivity index (χ1v) is 31.5. The first-order valence-electron chi connectivity index (χ1n) is 22.1. The number of carboxylic acids is 1. The number of thiol groups is 1. The Morgan fingerprint density at radius 1 is 0.569 bits per heavy atom. The topological polar surface area (TPSA) is 315 Å². The van der Waals surface area contributed by atoms with Crippen LogP contribution in [-0.2, 0) is 64.6 Å². The van der Waals surface area contributed by atoms with E-state index in [1.54, 1.807) is 63.8 Å². The van der Waals surface area contributed by atoms with Crippen molar-refractivity contribution in [1.29, 1.82) is 0 Å². The van der Waals surface area contributed by atoms with Crippen molar-refractivity contribution < 1.29 is 105 Å². The minimum absolute atomic E-state index is 0.0588. The molecule has 0 aromatic rings. The minimum Gasteiger partial charge on any atom is -0.510 e. The molecule has 3 unspecified atom stereocenters. The van der Waals surface area contributed by atoms with E-state index < -0.39 is 73.6 Å². The molecule has 0 saturated carbocycles. The van der Waals surface area contributed by atoms with E-state index in [-0.39, 0.29) is 36.7 Å². The Kier molecular flexibility index (Phi) is 63.2. The number of ether oxygens (including phenoxy) is 5. The second-order valence-electron chi connectivity index (χ2n) is 15.3. The molecule has 0 spiro atoms. The number of carbonyl (C=O) groups excluding carboxylic acids is 2. The van der Waals surface area contributed by atoms with E-state index in [2.05, 4.69) is 68.1 Å². The van der Waals surface area contributed by atoms with Crippen molar-refractivity contribution in [2.24, 2.45) is 5.92 Å². The maximum atomic E-state index is 10.4. The number of hydrogen-bond acceptors (Lipinski definition) is 23. The summed E-state index contributed by atoms with van der Waals surface area (Å²) >= 11 is 5.02. The standard InChI is InChI=1S/C9H20O4Si.C7H14O4S.2C7H18O3Si.2C6H8O3.C3H8O2S/c1-9(10)8-13-6-5-7-14(4,11-2)12-3;1-5(7(10)11)3-12-4-6(9)2-8;2*1-8-6-5-7-11(4,9-2)10-3;2*1-4(2)6(8)9-5(3)7;4-1-3(5)2-6/h10H,1,5-8H2,2-4H3;5-6,8-9H,2-4H2,1H3,(H,10,11);2*5-7H2,1-4H3;2*7H,1,3H2,2H3;3-6H,1-2H2. The molecule has 3 atom stereocenters. The van der Waals surface area contributed by atoms with Crippen LogP contribution in [0.5, 0.6) is 0 Å². The first kappa shape index (κ1) is 83.3. The molecular weight excluding hydrogens is 1040 g/mol. The van der Waals surface area contributed by atoms with E-state index in [9.17, 15) is 14.4 Å². The molecule has 0 heterocycles. The van der Waals surface area contributed by atoms with Crippen molar-refractivity contribution in [1.82, 2.24) is 0 Å². The lowest BCUT2D eigenvalue weighted by atomic mass is 10.2. The number of methoxy groups -OCH3 is 2. The van der Waals surface area contributed by atoms with Gasteiger partial charge in [-0.3, -0.25) is 4.79 Å². The van der Waals surface area contributed by atoms with E-state index in [0.717, 1.165) is 50.6 Å². The second kappa shape index (κ2) is 54.6. The van der Waals surface area contributed by atoms with Gasteiger partial charge in [0, 0.05) is 105 Å². The third kappa shape index (κ3) is 63.5. The van der Waals surface area contributed by atoms with E-state index in [1.807, 2.05) is 6.55 Å². The van der Waals surface area contributed by atoms with Crippen LogP contribution in [0.2, 0.25) is 37.8 Å². The SMILES string of the molecule is C=C(O)COCCC[Si](C)(OC)OC.C=C(O)OC(=O)C(=C)C.C=C(O)OC(=O)C(=C)C.CC(CSCC(O)CO)C(=O)O.COCCC[Si](C)(OC)OC.COCCC[Si](C)(OC)OC.OCC(O)CS. The van der Waals surface area contributed by atoms with E-state index in [0.29, 0.717) is 23.9 Å². The summed E-state index contributed by atoms with van der Waals surface area (Å²) in [6, 6.07) is 2.87. The summed E-state index contributed by atoms with van der Waals surface area (Å²) in [6.07, 6.45) is 1.52. The molecular formula is C45H94O22S2Si3. The van der Waals surface area contributed by atoms with Gasteiger partial charge in [-0.1, -0.05) is 26.7 Å². The van der Waals surface area contributed by atoms with Crippen molar-refractivity contribution in [2.45, 2.75) is 90.0 Å². The molecule has 0 aliphatic rings. The number of rotatable bonds is 32. The minimum atomic E-state index is -1.94. The summed E-state index contributed by atoms with van der Waals surface area (Å²) < 4.78 is 55.1. The van der Waals surface area contributed by atoms with Crippen LogP contribution in [0.4, 0.5) is 0 Å². The van der Waals surface area contributed by atoms with Crippen LogP contribution >= 0.6 is 24.4 Å². The van der Waals surface area contributed by atoms with Gasteiger partial charge >= 0.3 is 43.6 Å². The Hall–Kier alpha value is -2.66. The molecule has 0 aromatic heterocycles. The number of esters is 2. The van der Waals surface area contributed by atoms with Crippen LogP contribution in [-0.4, -0.2) is 210 Å². The maximum Gasteiger partial charge on any atom is 0.340 e. The van der Waals surface area contributed by atoms with Gasteiger partial charge in [-0.15, -0.1) is 0 Å². The average Bonchev–Trinajstić information content (AvgIpc) is 3.33. The molecule has 0 radical (unpaired) electrons. The third-order valence-electron chi connectivity index (χ3n) is 8.59. The monoisotopic (exact) mass is 1130 g/mol. The van der Waals surface area contributed by atoms with Gasteiger partial charge in [0.15, 0.2) is 0 Å². The zero-order valence-corrected chi connectivity index (χ0v) is 50.2. The molecule has 0 aliphatic heterocycles. The Labute approximate surface area is 443 Å². The fraction of sp³-hybridized carbons (Fsp3) is 0.711. The smallest absolute Gasteiger partial charge is 0.340 e. The molecule has 430 valence electrons. The number of aliphatic hydroxyl groups excluding tert-OH is 7. The Balaban J connectivity index is -0.000000138. The molecule has 22 nitrogen and oxygen atoms in total. The van der Waals surface area contributed by atoms with Gasteiger partial charge in [0.05, 0.1) is 31.3 Å². The molecule has 0 rings (SSSR count). The normalized spacial score (nSPS) is 11.8. The average molecular weight is 1140 g/mol. The summed E-state index contributed by atoms with van der Waals surface area (Å²) in [4.78, 5) is 31.1. The number of carboxylic acid groups (broad SMARTS) is 1. The Morgan fingerprint density at radius 2 is 0.889 bits per heavy atom. The van der Waals surface area contributed by atoms with E-state index in [1.165, 1.54) is 25.6 Å². The lowest BCUT2D eigenvalue weighted by Gasteiger charge is -2.22. The van der Waals surface area contributed by atoms with Gasteiger partial charge in [0.2, 0.25) is 0 Å². The van der Waals surface area contributed by atoms with Gasteiger partial charge in [0.1, 0.15) is 12.4 Å². The van der Waals surface area contributed by atoms with Crippen LogP contribution in [0.3, 0.4) is 0 Å². The number of aliphatic hydroxyl groups is 7. The summed E-state index contributed by atoms with van der Waals surface area (Å²) in [5.74, 6) is -2.54. The molecule has 0 amide bonds. The zero-order chi connectivity index (χ0) is 57.9. The van der Waals surface area contributed by atoms with Crippen LogP contribution in [0.15, 0.2) is 61.7 Å². The molecule has 8 N–H and O–H groups in total. The molecule has 72 heavy (non-hydrogen) atoms. The van der Waals surface area contributed by atoms with Gasteiger partial charge < -0.3 is 91.1 Å². The van der Waals surface area contributed by atoms with Crippen molar-refractivity contribution in [3.63, 3.8) is 0 Å². The molecule has 0 bridgehead atoms. The highest BCUT2D eigenvalue weighted by Gasteiger charge is 2.29. The van der Waals surface area contributed by atoms with E-state index >= 15 is 0 Å². The fourth-order valence-corrected chi connectivity index (χ4v) is 8.78. The lowest BCUT2D eigenvalue weighted by Crippen LogP contribution is -2.36. The van der Waals surface area contributed by atoms with Crippen molar-refractivity contribution in [3.8, 4) is 0 Å². The number of hydrogen-bond donors (Lipinski definition) is 9. The summed E-state index contributed by atoms with van der Waals surface area (Å²) in [5.41, 5.74) is 0.454. The highest BCUT2D eigenvalue weighted by Crippen LogP contribution is 2.15. The number of aliphatic carboxylic acids is 1. The van der Waals surface area contributed by atoms with Gasteiger partial charge in [-0.05, 0) is 84.0 Å². The number of carbonyl (C=O) groups is 3. The largest absolute Gasteiger partial charge is 0.510 e. The highest BCUT2D eigenvalue weighted by atomic mass is 32.2. The van der Waals surface area contributed by atoms with Crippen LogP contribution < -0.4 is 0 Å². The molecule has 0 saturated heterocycles. The summed E-state index contributed by atoms with van der Waals surface area (Å²) in [6.45, 7) is 28.4. The predicted molar refractivity (Wildman–Crippen MR) is 291 cm³/mol. The Bertz CT molecular complexity index is 1340. The molecule has 0 aliphatic carbocycles. The third-order valence-corrected chi connectivity index (χ3v) is 19.3. The van der Waals surface area contributed by atoms with Crippen molar-refractivity contribution in [3.05, 3.63) is 61.7 Å². The lowest BCUT2D eigenvalue weighted by molar-refractivity contribution is -0.140. The zero-order valence-electron chi connectivity index (χ0n) is 45.5. The van der Waals surface area contributed by atoms with Gasteiger partial charge in [-0.2, -0.15) is 24.4 Å². The van der Waals surface area contributed by atoms with Crippen molar-refractivity contribution in [2.75, 3.05) is 114 Å². The quantitative estimate of drug-likeness (QED) is 0.00940. The predicted octanol–water partition coefficient (Wildman–Crippen LogP) is 5.94. The summed E-state index contributed by atoms with van der Waals surface area (Å²) in [7, 11) is 8.03. The molecule has 27 heteroatoms. The highest BCUT2D eigenvalue weighted by molar-refractivity contribution is 7.99. The van der Waals surface area contributed by atoms with Crippen molar-refractivity contribution >= 4 is 68.0 Å². The van der Waals surface area contributed by atoms with Gasteiger partial charge in [-0.25, -0.2) is 9.59 Å². The maximum absolute atomic E-state index is 10.4. The first-order chi connectivity index (χ1) is 33.4. The molecule has 0 fully saturated rings. The molecule has 0 aromatic carbocycles. The van der Waals surface area contributed by atoms with Crippen LogP contribution in [0.1, 0.15) is 40.0 Å². The fourth-order valence-electron chi connectivity index (χ4n) is 3.57. The number of thioether (sulfide) groups is 1. The summed E-state index contributed by atoms with van der Waals surface area (Å²) in [5, 5.41) is 67.5. The van der Waals surface area contributed by atoms with Gasteiger partial charge in [0.25, 0.3) is 11.9 Å². The Morgan fingerprint density at radius 3 is 1.08 bits per heavy atom. The second-order valence-corrected chi connectivity index (χ2v) is 27.5.